The van der Waals surface area contributed by atoms with E-state index < -0.39 is 11.8 Å². The van der Waals surface area contributed by atoms with Gasteiger partial charge in [-0.2, -0.15) is 0 Å². The zero-order chi connectivity index (χ0) is 23.2. The van der Waals surface area contributed by atoms with Gasteiger partial charge in [-0.05, 0) is 73.5 Å². The number of carbonyl (C=O) groups excluding carboxylic acids is 2. The third kappa shape index (κ3) is 6.26. The van der Waals surface area contributed by atoms with E-state index in [1.807, 2.05) is 12.1 Å². The SMILES string of the molecule is O=C(NC[C@@H]1CCCO1)/C(=C/c1ccc(-c2ccc(Cl)cc2)o1)NC(=O)c1ccc(Cl)cc1. The number of hydrogen-bond donors (Lipinski definition) is 2. The highest BCUT2D eigenvalue weighted by Crippen LogP contribution is 2.25. The summed E-state index contributed by atoms with van der Waals surface area (Å²) in [7, 11) is 0. The van der Waals surface area contributed by atoms with Crippen LogP contribution >= 0.6 is 23.2 Å². The van der Waals surface area contributed by atoms with Crippen molar-refractivity contribution < 1.29 is 18.7 Å². The minimum atomic E-state index is -0.435. The number of ether oxygens (including phenoxy) is 1. The van der Waals surface area contributed by atoms with Crippen LogP contribution in [-0.2, 0) is 9.53 Å². The van der Waals surface area contributed by atoms with E-state index >= 15 is 0 Å². The fourth-order valence-corrected chi connectivity index (χ4v) is 3.66. The van der Waals surface area contributed by atoms with E-state index in [-0.39, 0.29) is 11.8 Å². The van der Waals surface area contributed by atoms with Crippen LogP contribution in [0.2, 0.25) is 10.0 Å². The second-order valence-corrected chi connectivity index (χ2v) is 8.45. The van der Waals surface area contributed by atoms with Crippen molar-refractivity contribution in [2.75, 3.05) is 13.2 Å². The van der Waals surface area contributed by atoms with Gasteiger partial charge in [0.1, 0.15) is 17.2 Å². The fraction of sp³-hybridized carbons (Fsp3) is 0.200. The highest BCUT2D eigenvalue weighted by Gasteiger charge is 2.20. The molecule has 6 nitrogen and oxygen atoms in total. The van der Waals surface area contributed by atoms with Crippen molar-refractivity contribution in [1.82, 2.24) is 10.6 Å². The third-order valence-corrected chi connectivity index (χ3v) is 5.66. The zero-order valence-electron chi connectivity index (χ0n) is 17.6. The minimum absolute atomic E-state index is 0.0257. The Hall–Kier alpha value is -3.06. The molecule has 1 aromatic heterocycles. The van der Waals surface area contributed by atoms with Crippen molar-refractivity contribution in [3.8, 4) is 11.3 Å². The minimum Gasteiger partial charge on any atom is -0.457 e. The lowest BCUT2D eigenvalue weighted by Gasteiger charge is -2.13. The lowest BCUT2D eigenvalue weighted by molar-refractivity contribution is -0.118. The number of hydrogen-bond acceptors (Lipinski definition) is 4. The summed E-state index contributed by atoms with van der Waals surface area (Å²) >= 11 is 11.9. The van der Waals surface area contributed by atoms with Gasteiger partial charge in [0.25, 0.3) is 11.8 Å². The summed E-state index contributed by atoms with van der Waals surface area (Å²) in [5.41, 5.74) is 1.28. The summed E-state index contributed by atoms with van der Waals surface area (Å²) in [4.78, 5) is 25.6. The molecule has 0 bridgehead atoms. The number of nitrogens with one attached hydrogen (secondary N) is 2. The molecule has 8 heteroatoms. The van der Waals surface area contributed by atoms with E-state index in [2.05, 4.69) is 10.6 Å². The maximum Gasteiger partial charge on any atom is 0.268 e. The standard InChI is InChI=1S/C25H22Cl2N2O4/c26-18-7-3-16(4-8-18)23-12-11-20(33-23)14-22(25(31)28-15-21-2-1-13-32-21)29-24(30)17-5-9-19(27)10-6-17/h3-12,14,21H,1-2,13,15H2,(H,28,31)(H,29,30)/b22-14-/t21-/m0/s1. The van der Waals surface area contributed by atoms with Crippen LogP contribution in [0, 0.1) is 0 Å². The number of carbonyl (C=O) groups is 2. The molecular weight excluding hydrogens is 463 g/mol. The lowest BCUT2D eigenvalue weighted by Crippen LogP contribution is -2.38. The molecule has 1 atom stereocenters. The molecule has 1 aliphatic rings. The van der Waals surface area contributed by atoms with Gasteiger partial charge in [0.2, 0.25) is 0 Å². The number of rotatable bonds is 7. The highest BCUT2D eigenvalue weighted by molar-refractivity contribution is 6.31. The van der Waals surface area contributed by atoms with Crippen LogP contribution in [0.15, 0.2) is 70.8 Å². The van der Waals surface area contributed by atoms with Gasteiger partial charge in [0.15, 0.2) is 0 Å². The van der Waals surface area contributed by atoms with Gasteiger partial charge in [0, 0.05) is 40.4 Å². The molecule has 0 unspecified atom stereocenters. The molecule has 4 rings (SSSR count). The van der Waals surface area contributed by atoms with Crippen LogP contribution < -0.4 is 10.6 Å². The van der Waals surface area contributed by atoms with Crippen LogP contribution in [0.5, 0.6) is 0 Å². The van der Waals surface area contributed by atoms with Gasteiger partial charge in [-0.25, -0.2) is 0 Å². The molecule has 1 aliphatic heterocycles. The Bertz CT molecular complexity index is 1150. The van der Waals surface area contributed by atoms with Crippen molar-refractivity contribution in [3.63, 3.8) is 0 Å². The summed E-state index contributed by atoms with van der Waals surface area (Å²) in [6, 6.07) is 17.1. The molecule has 2 N–H and O–H groups in total. The number of amides is 2. The Morgan fingerprint density at radius 2 is 1.67 bits per heavy atom. The average molecular weight is 485 g/mol. The first-order valence-electron chi connectivity index (χ1n) is 10.5. The van der Waals surface area contributed by atoms with E-state index in [0.717, 1.165) is 18.4 Å². The van der Waals surface area contributed by atoms with Gasteiger partial charge < -0.3 is 19.8 Å². The van der Waals surface area contributed by atoms with E-state index in [1.54, 1.807) is 48.5 Å². The van der Waals surface area contributed by atoms with Crippen molar-refractivity contribution in [3.05, 3.63) is 87.7 Å². The highest BCUT2D eigenvalue weighted by atomic mass is 35.5. The van der Waals surface area contributed by atoms with Crippen molar-refractivity contribution >= 4 is 41.1 Å². The molecule has 0 saturated carbocycles. The van der Waals surface area contributed by atoms with Crippen LogP contribution in [0.4, 0.5) is 0 Å². The topological polar surface area (TPSA) is 80.6 Å². The van der Waals surface area contributed by atoms with Gasteiger partial charge in [-0.1, -0.05) is 23.2 Å². The Morgan fingerprint density at radius 1 is 0.970 bits per heavy atom. The Kier molecular flexibility index (Phi) is 7.50. The molecule has 170 valence electrons. The molecule has 2 amide bonds. The van der Waals surface area contributed by atoms with Gasteiger partial charge in [-0.3, -0.25) is 9.59 Å². The lowest BCUT2D eigenvalue weighted by atomic mass is 10.2. The molecule has 0 aliphatic carbocycles. The molecule has 0 radical (unpaired) electrons. The Labute approximate surface area is 201 Å². The van der Waals surface area contributed by atoms with E-state index in [0.29, 0.717) is 40.3 Å². The Morgan fingerprint density at radius 3 is 2.33 bits per heavy atom. The van der Waals surface area contributed by atoms with E-state index in [4.69, 9.17) is 32.4 Å². The first-order valence-corrected chi connectivity index (χ1v) is 11.3. The largest absolute Gasteiger partial charge is 0.457 e. The molecular formula is C25H22Cl2N2O4. The van der Waals surface area contributed by atoms with Crippen LogP contribution in [0.25, 0.3) is 17.4 Å². The third-order valence-electron chi connectivity index (χ3n) is 5.16. The van der Waals surface area contributed by atoms with E-state index in [9.17, 15) is 9.59 Å². The molecule has 0 spiro atoms. The number of halogens is 2. The summed E-state index contributed by atoms with van der Waals surface area (Å²) in [6.07, 6.45) is 3.33. The van der Waals surface area contributed by atoms with Crippen LogP contribution in [0.1, 0.15) is 29.0 Å². The predicted octanol–water partition coefficient (Wildman–Crippen LogP) is 5.32. The van der Waals surface area contributed by atoms with Crippen LogP contribution in [0.3, 0.4) is 0 Å². The fourth-order valence-electron chi connectivity index (χ4n) is 3.40. The quantitative estimate of drug-likeness (QED) is 0.444. The Balaban J connectivity index is 1.55. The second-order valence-electron chi connectivity index (χ2n) is 7.57. The summed E-state index contributed by atoms with van der Waals surface area (Å²) in [5, 5.41) is 6.65. The summed E-state index contributed by atoms with van der Waals surface area (Å²) in [6.45, 7) is 1.05. The molecule has 2 aromatic carbocycles. The summed E-state index contributed by atoms with van der Waals surface area (Å²) < 4.78 is 11.4. The van der Waals surface area contributed by atoms with Gasteiger partial charge in [0.05, 0.1) is 6.10 Å². The number of benzene rings is 2. The van der Waals surface area contributed by atoms with E-state index in [1.165, 1.54) is 6.08 Å². The predicted molar refractivity (Wildman–Crippen MR) is 128 cm³/mol. The molecule has 3 aromatic rings. The first kappa shape index (κ1) is 23.1. The normalized spacial score (nSPS) is 15.9. The second kappa shape index (κ2) is 10.7. The maximum absolute atomic E-state index is 12.9. The zero-order valence-corrected chi connectivity index (χ0v) is 19.2. The molecule has 1 fully saturated rings. The van der Waals surface area contributed by atoms with Crippen LogP contribution in [-0.4, -0.2) is 31.1 Å². The monoisotopic (exact) mass is 484 g/mol. The van der Waals surface area contributed by atoms with Gasteiger partial charge >= 0.3 is 0 Å². The molecule has 2 heterocycles. The molecule has 33 heavy (non-hydrogen) atoms. The van der Waals surface area contributed by atoms with Gasteiger partial charge in [-0.15, -0.1) is 0 Å². The maximum atomic E-state index is 12.9. The number of furan rings is 1. The smallest absolute Gasteiger partial charge is 0.268 e. The van der Waals surface area contributed by atoms with Crippen molar-refractivity contribution in [2.45, 2.75) is 18.9 Å². The van der Waals surface area contributed by atoms with Crippen molar-refractivity contribution in [1.29, 1.82) is 0 Å². The van der Waals surface area contributed by atoms with Crippen molar-refractivity contribution in [2.24, 2.45) is 0 Å². The first-order chi connectivity index (χ1) is 16.0. The molecule has 1 saturated heterocycles. The average Bonchev–Trinajstić information content (AvgIpc) is 3.50. The summed E-state index contributed by atoms with van der Waals surface area (Å²) in [5.74, 6) is 0.159.